The minimum absolute atomic E-state index is 0.268. The average Bonchev–Trinajstić information content (AvgIpc) is 2.76. The fourth-order valence-corrected chi connectivity index (χ4v) is 1.98. The summed E-state index contributed by atoms with van der Waals surface area (Å²) in [5, 5.41) is 14.6. The van der Waals surface area contributed by atoms with Crippen molar-refractivity contribution in [3.05, 3.63) is 18.0 Å². The molecule has 17 heavy (non-hydrogen) atoms. The predicted molar refractivity (Wildman–Crippen MR) is 71.0 cm³/mol. The first kappa shape index (κ1) is 14.2. The van der Waals surface area contributed by atoms with Crippen molar-refractivity contribution in [1.29, 1.82) is 0 Å². The summed E-state index contributed by atoms with van der Waals surface area (Å²) in [6, 6.07) is 2.46. The van der Waals surface area contributed by atoms with Gasteiger partial charge in [-0.05, 0) is 31.7 Å². The zero-order valence-electron chi connectivity index (χ0n) is 11.6. The molecule has 0 spiro atoms. The summed E-state index contributed by atoms with van der Waals surface area (Å²) in [6.07, 6.45) is 5.70. The van der Waals surface area contributed by atoms with E-state index in [0.717, 1.165) is 25.0 Å². The molecule has 1 rings (SSSR count). The lowest BCUT2D eigenvalue weighted by molar-refractivity contribution is 0.110. The van der Waals surface area contributed by atoms with E-state index in [2.05, 4.69) is 32.8 Å². The number of hydrogen-bond donors (Lipinski definition) is 1. The van der Waals surface area contributed by atoms with Crippen LogP contribution >= 0.6 is 0 Å². The Morgan fingerprint density at radius 3 is 2.65 bits per heavy atom. The number of nitrogens with zero attached hydrogens (tertiary/aromatic N) is 2. The molecule has 1 aromatic rings. The topological polar surface area (TPSA) is 38.0 Å². The van der Waals surface area contributed by atoms with Crippen LogP contribution in [0.3, 0.4) is 0 Å². The van der Waals surface area contributed by atoms with Gasteiger partial charge in [0.2, 0.25) is 0 Å². The van der Waals surface area contributed by atoms with E-state index in [1.54, 1.807) is 0 Å². The highest BCUT2D eigenvalue weighted by molar-refractivity contribution is 5.01. The van der Waals surface area contributed by atoms with Crippen molar-refractivity contribution in [2.45, 2.75) is 65.5 Å². The second-order valence-corrected chi connectivity index (χ2v) is 5.08. The number of hydrogen-bond acceptors (Lipinski definition) is 2. The first-order valence-corrected chi connectivity index (χ1v) is 6.80. The van der Waals surface area contributed by atoms with Crippen LogP contribution in [0.25, 0.3) is 0 Å². The Balaban J connectivity index is 2.54. The van der Waals surface area contributed by atoms with Crippen LogP contribution in [-0.2, 0) is 6.42 Å². The summed E-state index contributed by atoms with van der Waals surface area (Å²) in [5.41, 5.74) is 1.00. The molecule has 1 aromatic heterocycles. The summed E-state index contributed by atoms with van der Waals surface area (Å²) in [5.74, 6) is 0.355. The van der Waals surface area contributed by atoms with E-state index in [9.17, 15) is 5.11 Å². The van der Waals surface area contributed by atoms with Gasteiger partial charge in [0.15, 0.2) is 0 Å². The van der Waals surface area contributed by atoms with E-state index in [4.69, 9.17) is 0 Å². The second-order valence-electron chi connectivity index (χ2n) is 5.08. The highest BCUT2D eigenvalue weighted by Crippen LogP contribution is 2.15. The van der Waals surface area contributed by atoms with Gasteiger partial charge in [-0.1, -0.05) is 27.2 Å². The second kappa shape index (κ2) is 6.80. The molecule has 0 aromatic carbocycles. The molecule has 1 N–H and O–H groups in total. The number of aromatic nitrogens is 2. The van der Waals surface area contributed by atoms with Crippen LogP contribution < -0.4 is 0 Å². The zero-order valence-corrected chi connectivity index (χ0v) is 11.6. The summed E-state index contributed by atoms with van der Waals surface area (Å²) in [7, 11) is 0. The minimum Gasteiger partial charge on any atom is -0.392 e. The van der Waals surface area contributed by atoms with Crippen molar-refractivity contribution in [3.8, 4) is 0 Å². The van der Waals surface area contributed by atoms with Gasteiger partial charge in [0.25, 0.3) is 0 Å². The van der Waals surface area contributed by atoms with Crippen LogP contribution in [0.2, 0.25) is 0 Å². The number of rotatable bonds is 7. The molecule has 0 saturated carbocycles. The SMILES string of the molecule is CCCC(C)C(O)Cc1ccn(C(C)CC)n1. The Bertz CT molecular complexity index is 322. The van der Waals surface area contributed by atoms with Crippen LogP contribution in [0.5, 0.6) is 0 Å². The van der Waals surface area contributed by atoms with Gasteiger partial charge < -0.3 is 5.11 Å². The molecule has 0 saturated heterocycles. The Morgan fingerprint density at radius 2 is 2.06 bits per heavy atom. The normalized spacial score (nSPS) is 16.8. The third kappa shape index (κ3) is 4.15. The van der Waals surface area contributed by atoms with Gasteiger partial charge in [0, 0.05) is 18.7 Å². The molecule has 0 aliphatic carbocycles. The van der Waals surface area contributed by atoms with Gasteiger partial charge in [-0.3, -0.25) is 4.68 Å². The number of aliphatic hydroxyl groups excluding tert-OH is 1. The molecular formula is C14H26N2O. The Kier molecular flexibility index (Phi) is 5.69. The standard InChI is InChI=1S/C14H26N2O/c1-5-7-11(3)14(17)10-13-8-9-16(15-13)12(4)6-2/h8-9,11-12,14,17H,5-7,10H2,1-4H3. The molecule has 0 aliphatic rings. The predicted octanol–water partition coefficient (Wildman–Crippen LogP) is 3.19. The molecule has 1 heterocycles. The molecular weight excluding hydrogens is 212 g/mol. The fourth-order valence-electron chi connectivity index (χ4n) is 1.98. The highest BCUT2D eigenvalue weighted by atomic mass is 16.3. The van der Waals surface area contributed by atoms with E-state index in [-0.39, 0.29) is 6.10 Å². The molecule has 0 amide bonds. The first-order chi connectivity index (χ1) is 8.08. The van der Waals surface area contributed by atoms with Gasteiger partial charge in [-0.25, -0.2) is 0 Å². The van der Waals surface area contributed by atoms with Crippen molar-refractivity contribution in [2.24, 2.45) is 5.92 Å². The van der Waals surface area contributed by atoms with E-state index in [1.165, 1.54) is 0 Å². The molecule has 0 fully saturated rings. The third-order valence-electron chi connectivity index (χ3n) is 3.53. The lowest BCUT2D eigenvalue weighted by atomic mass is 9.96. The molecule has 3 nitrogen and oxygen atoms in total. The maximum Gasteiger partial charge on any atom is 0.0650 e. The molecule has 3 unspecified atom stereocenters. The molecule has 0 bridgehead atoms. The van der Waals surface area contributed by atoms with Gasteiger partial charge in [-0.15, -0.1) is 0 Å². The van der Waals surface area contributed by atoms with E-state index >= 15 is 0 Å². The number of aliphatic hydroxyl groups is 1. The lowest BCUT2D eigenvalue weighted by Crippen LogP contribution is -2.20. The van der Waals surface area contributed by atoms with Crippen molar-refractivity contribution in [1.82, 2.24) is 9.78 Å². The average molecular weight is 238 g/mol. The molecule has 3 atom stereocenters. The quantitative estimate of drug-likeness (QED) is 0.792. The van der Waals surface area contributed by atoms with Crippen molar-refractivity contribution in [2.75, 3.05) is 0 Å². The van der Waals surface area contributed by atoms with Crippen LogP contribution in [0.15, 0.2) is 12.3 Å². The summed E-state index contributed by atoms with van der Waals surface area (Å²) in [4.78, 5) is 0. The monoisotopic (exact) mass is 238 g/mol. The largest absolute Gasteiger partial charge is 0.392 e. The first-order valence-electron chi connectivity index (χ1n) is 6.80. The van der Waals surface area contributed by atoms with E-state index in [1.807, 2.05) is 16.9 Å². The smallest absolute Gasteiger partial charge is 0.0650 e. The third-order valence-corrected chi connectivity index (χ3v) is 3.53. The minimum atomic E-state index is -0.268. The van der Waals surface area contributed by atoms with Gasteiger partial charge in [0.05, 0.1) is 11.8 Å². The van der Waals surface area contributed by atoms with Crippen molar-refractivity contribution < 1.29 is 5.11 Å². The van der Waals surface area contributed by atoms with E-state index in [0.29, 0.717) is 18.4 Å². The van der Waals surface area contributed by atoms with Crippen molar-refractivity contribution >= 4 is 0 Å². The van der Waals surface area contributed by atoms with Crippen LogP contribution in [0, 0.1) is 5.92 Å². The van der Waals surface area contributed by atoms with Gasteiger partial charge in [-0.2, -0.15) is 5.10 Å². The zero-order chi connectivity index (χ0) is 12.8. The van der Waals surface area contributed by atoms with Crippen LogP contribution in [-0.4, -0.2) is 21.0 Å². The maximum atomic E-state index is 10.1. The molecule has 3 heteroatoms. The van der Waals surface area contributed by atoms with Gasteiger partial charge in [0.1, 0.15) is 0 Å². The van der Waals surface area contributed by atoms with E-state index < -0.39 is 0 Å². The van der Waals surface area contributed by atoms with Crippen LogP contribution in [0.4, 0.5) is 0 Å². The highest BCUT2D eigenvalue weighted by Gasteiger charge is 2.15. The fraction of sp³-hybridized carbons (Fsp3) is 0.786. The Morgan fingerprint density at radius 1 is 1.35 bits per heavy atom. The summed E-state index contributed by atoms with van der Waals surface area (Å²) < 4.78 is 1.99. The maximum absolute atomic E-state index is 10.1. The summed E-state index contributed by atoms with van der Waals surface area (Å²) in [6.45, 7) is 8.58. The van der Waals surface area contributed by atoms with Gasteiger partial charge >= 0.3 is 0 Å². The molecule has 98 valence electrons. The lowest BCUT2D eigenvalue weighted by Gasteiger charge is -2.17. The molecule has 0 radical (unpaired) electrons. The van der Waals surface area contributed by atoms with Crippen molar-refractivity contribution in [3.63, 3.8) is 0 Å². The Hall–Kier alpha value is -0.830. The van der Waals surface area contributed by atoms with Crippen LogP contribution in [0.1, 0.15) is 58.7 Å². The Labute approximate surface area is 105 Å². The summed E-state index contributed by atoms with van der Waals surface area (Å²) >= 11 is 0. The molecule has 0 aliphatic heterocycles.